The SMILES string of the molecule is CNCC1(CNCC(C)(C)c2ccccc2Br)CCC1. The summed E-state index contributed by atoms with van der Waals surface area (Å²) in [5, 5.41) is 7.07. The van der Waals surface area contributed by atoms with Crippen LogP contribution in [0.4, 0.5) is 0 Å². The number of benzene rings is 1. The summed E-state index contributed by atoms with van der Waals surface area (Å²) in [4.78, 5) is 0. The Labute approximate surface area is 131 Å². The van der Waals surface area contributed by atoms with Gasteiger partial charge >= 0.3 is 0 Å². The van der Waals surface area contributed by atoms with Crippen LogP contribution >= 0.6 is 15.9 Å². The molecular weight excluding hydrogens is 312 g/mol. The summed E-state index contributed by atoms with van der Waals surface area (Å²) in [5.74, 6) is 0. The number of nitrogens with one attached hydrogen (secondary N) is 2. The molecule has 2 N–H and O–H groups in total. The normalized spacial score (nSPS) is 17.8. The van der Waals surface area contributed by atoms with Crippen molar-refractivity contribution in [2.75, 3.05) is 26.7 Å². The molecule has 20 heavy (non-hydrogen) atoms. The van der Waals surface area contributed by atoms with Crippen LogP contribution in [0.1, 0.15) is 38.7 Å². The molecule has 1 aromatic carbocycles. The van der Waals surface area contributed by atoms with Crippen LogP contribution < -0.4 is 10.6 Å². The molecule has 1 aromatic rings. The molecule has 112 valence electrons. The van der Waals surface area contributed by atoms with E-state index in [1.807, 2.05) is 0 Å². The zero-order valence-electron chi connectivity index (χ0n) is 12.9. The lowest BCUT2D eigenvalue weighted by molar-refractivity contribution is 0.128. The first-order valence-electron chi connectivity index (χ1n) is 7.59. The van der Waals surface area contributed by atoms with E-state index in [1.54, 1.807) is 0 Å². The summed E-state index contributed by atoms with van der Waals surface area (Å²) >= 11 is 3.68. The fraction of sp³-hybridized carbons (Fsp3) is 0.647. The highest BCUT2D eigenvalue weighted by Gasteiger charge is 2.36. The molecule has 1 aliphatic rings. The number of hydrogen-bond acceptors (Lipinski definition) is 2. The third-order valence-electron chi connectivity index (χ3n) is 4.64. The molecule has 1 fully saturated rings. The van der Waals surface area contributed by atoms with Crippen molar-refractivity contribution in [3.63, 3.8) is 0 Å². The minimum Gasteiger partial charge on any atom is -0.319 e. The zero-order chi connectivity index (χ0) is 14.6. The van der Waals surface area contributed by atoms with Crippen LogP contribution in [0.3, 0.4) is 0 Å². The van der Waals surface area contributed by atoms with E-state index in [-0.39, 0.29) is 5.41 Å². The molecule has 0 amide bonds. The van der Waals surface area contributed by atoms with Crippen LogP contribution in [0.5, 0.6) is 0 Å². The van der Waals surface area contributed by atoms with Gasteiger partial charge in [-0.15, -0.1) is 0 Å². The van der Waals surface area contributed by atoms with Crippen molar-refractivity contribution in [2.45, 2.75) is 38.5 Å². The van der Waals surface area contributed by atoms with Crippen LogP contribution in [0, 0.1) is 5.41 Å². The molecule has 0 saturated heterocycles. The maximum absolute atomic E-state index is 3.72. The predicted octanol–water partition coefficient (Wildman–Crippen LogP) is 3.71. The third-order valence-corrected chi connectivity index (χ3v) is 5.33. The van der Waals surface area contributed by atoms with Crippen molar-refractivity contribution < 1.29 is 0 Å². The molecule has 0 spiro atoms. The third kappa shape index (κ3) is 3.63. The molecule has 0 aromatic heterocycles. The van der Waals surface area contributed by atoms with Gasteiger partial charge < -0.3 is 10.6 Å². The topological polar surface area (TPSA) is 24.1 Å². The lowest BCUT2D eigenvalue weighted by Crippen LogP contribution is -2.48. The van der Waals surface area contributed by atoms with Gasteiger partial charge in [0.2, 0.25) is 0 Å². The maximum Gasteiger partial charge on any atom is 0.0213 e. The quantitative estimate of drug-likeness (QED) is 0.791. The minimum atomic E-state index is 0.144. The van der Waals surface area contributed by atoms with Crippen molar-refractivity contribution in [3.05, 3.63) is 34.3 Å². The average molecular weight is 339 g/mol. The van der Waals surface area contributed by atoms with E-state index in [0.29, 0.717) is 5.41 Å². The first kappa shape index (κ1) is 16.0. The number of rotatable bonds is 7. The molecule has 2 rings (SSSR count). The Balaban J connectivity index is 1.91. The van der Waals surface area contributed by atoms with Crippen molar-refractivity contribution in [1.82, 2.24) is 10.6 Å². The second kappa shape index (κ2) is 6.59. The second-order valence-electron chi connectivity index (χ2n) is 6.85. The molecule has 2 nitrogen and oxygen atoms in total. The molecule has 0 unspecified atom stereocenters. The molecule has 1 saturated carbocycles. The van der Waals surface area contributed by atoms with E-state index in [9.17, 15) is 0 Å². The van der Waals surface area contributed by atoms with Crippen molar-refractivity contribution in [1.29, 1.82) is 0 Å². The monoisotopic (exact) mass is 338 g/mol. The maximum atomic E-state index is 3.72. The Hall–Kier alpha value is -0.380. The first-order chi connectivity index (χ1) is 9.49. The van der Waals surface area contributed by atoms with E-state index in [4.69, 9.17) is 0 Å². The first-order valence-corrected chi connectivity index (χ1v) is 8.39. The largest absolute Gasteiger partial charge is 0.319 e. The fourth-order valence-electron chi connectivity index (χ4n) is 3.21. The van der Waals surface area contributed by atoms with E-state index in [0.717, 1.165) is 19.6 Å². The average Bonchev–Trinajstić information content (AvgIpc) is 2.36. The molecule has 0 aliphatic heterocycles. The highest BCUT2D eigenvalue weighted by molar-refractivity contribution is 9.10. The Morgan fingerprint density at radius 2 is 1.90 bits per heavy atom. The molecular formula is C17H27BrN2. The van der Waals surface area contributed by atoms with Crippen LogP contribution in [0.15, 0.2) is 28.7 Å². The van der Waals surface area contributed by atoms with E-state index < -0.39 is 0 Å². The highest BCUT2D eigenvalue weighted by atomic mass is 79.9. The van der Waals surface area contributed by atoms with Crippen molar-refractivity contribution >= 4 is 15.9 Å². The zero-order valence-corrected chi connectivity index (χ0v) is 14.5. The van der Waals surface area contributed by atoms with Gasteiger partial charge in [-0.3, -0.25) is 0 Å². The molecule has 0 atom stereocenters. The summed E-state index contributed by atoms with van der Waals surface area (Å²) in [5.41, 5.74) is 2.02. The predicted molar refractivity (Wildman–Crippen MR) is 90.2 cm³/mol. The van der Waals surface area contributed by atoms with E-state index in [2.05, 4.69) is 71.7 Å². The van der Waals surface area contributed by atoms with Crippen LogP contribution in [0.25, 0.3) is 0 Å². The lowest BCUT2D eigenvalue weighted by Gasteiger charge is -2.43. The molecule has 1 aliphatic carbocycles. The Kier molecular flexibility index (Phi) is 5.27. The van der Waals surface area contributed by atoms with Gasteiger partial charge in [0.25, 0.3) is 0 Å². The van der Waals surface area contributed by atoms with Crippen LogP contribution in [0.2, 0.25) is 0 Å². The smallest absolute Gasteiger partial charge is 0.0213 e. The molecule has 0 bridgehead atoms. The summed E-state index contributed by atoms with van der Waals surface area (Å²) in [6.07, 6.45) is 4.10. The van der Waals surface area contributed by atoms with Gasteiger partial charge in [0.1, 0.15) is 0 Å². The summed E-state index contributed by atoms with van der Waals surface area (Å²) in [7, 11) is 2.06. The summed E-state index contributed by atoms with van der Waals surface area (Å²) < 4.78 is 1.21. The Bertz CT molecular complexity index is 438. The van der Waals surface area contributed by atoms with Crippen LogP contribution in [-0.4, -0.2) is 26.7 Å². The second-order valence-corrected chi connectivity index (χ2v) is 7.71. The molecule has 0 radical (unpaired) electrons. The van der Waals surface area contributed by atoms with Gasteiger partial charge in [-0.2, -0.15) is 0 Å². The van der Waals surface area contributed by atoms with Gasteiger partial charge in [0, 0.05) is 29.5 Å². The Morgan fingerprint density at radius 1 is 1.20 bits per heavy atom. The number of hydrogen-bond donors (Lipinski definition) is 2. The van der Waals surface area contributed by atoms with Gasteiger partial charge in [-0.25, -0.2) is 0 Å². The summed E-state index contributed by atoms with van der Waals surface area (Å²) in [6, 6.07) is 8.55. The fourth-order valence-corrected chi connectivity index (χ4v) is 4.03. The van der Waals surface area contributed by atoms with Gasteiger partial charge in [-0.1, -0.05) is 54.4 Å². The summed E-state index contributed by atoms with van der Waals surface area (Å²) in [6.45, 7) is 7.90. The van der Waals surface area contributed by atoms with Gasteiger partial charge in [0.05, 0.1) is 0 Å². The molecule has 0 heterocycles. The highest BCUT2D eigenvalue weighted by Crippen LogP contribution is 2.39. The lowest BCUT2D eigenvalue weighted by atomic mass is 9.68. The minimum absolute atomic E-state index is 0.144. The van der Waals surface area contributed by atoms with Crippen molar-refractivity contribution in [3.8, 4) is 0 Å². The molecule has 3 heteroatoms. The van der Waals surface area contributed by atoms with Gasteiger partial charge in [-0.05, 0) is 36.9 Å². The van der Waals surface area contributed by atoms with Crippen molar-refractivity contribution in [2.24, 2.45) is 5.41 Å². The van der Waals surface area contributed by atoms with E-state index >= 15 is 0 Å². The van der Waals surface area contributed by atoms with Gasteiger partial charge in [0.15, 0.2) is 0 Å². The number of halogens is 1. The standard InChI is InChI=1S/C17H27BrN2/c1-16(2,14-7-4-5-8-15(14)18)11-20-13-17(12-19-3)9-6-10-17/h4-5,7-8,19-20H,6,9-13H2,1-3H3. The van der Waals surface area contributed by atoms with E-state index in [1.165, 1.54) is 29.3 Å². The van der Waals surface area contributed by atoms with Crippen LogP contribution in [-0.2, 0) is 5.41 Å². The Morgan fingerprint density at radius 3 is 2.45 bits per heavy atom.